The molecule has 32 heavy (non-hydrogen) atoms. The Bertz CT molecular complexity index is 1220. The van der Waals surface area contributed by atoms with Gasteiger partial charge in [-0.1, -0.05) is 0 Å². The molecule has 0 unspecified atom stereocenters. The summed E-state index contributed by atoms with van der Waals surface area (Å²) in [5, 5.41) is 0. The molecule has 3 heterocycles. The predicted octanol–water partition coefficient (Wildman–Crippen LogP) is 3.37. The standard InChI is InChI=1S/C24H29N3O4S/c1-4-26-23-8-7-20(32(29,30)25-9-11-31-12-10-25)15-21(23)22(24(26)28)14-18-13-16(2)27(17(18)3)19-5-6-19/h7-8,13-15,19H,4-6,9-12H2,1-3H3. The molecule has 1 aromatic carbocycles. The smallest absolute Gasteiger partial charge is 0.258 e. The summed E-state index contributed by atoms with van der Waals surface area (Å²) in [5.74, 6) is -0.0837. The lowest BCUT2D eigenvalue weighted by Crippen LogP contribution is -2.40. The number of benzene rings is 1. The number of amides is 1. The monoisotopic (exact) mass is 455 g/mol. The molecule has 1 amide bonds. The number of fused-ring (bicyclic) bond motifs is 1. The highest BCUT2D eigenvalue weighted by atomic mass is 32.2. The van der Waals surface area contributed by atoms with E-state index >= 15 is 0 Å². The van der Waals surface area contributed by atoms with Gasteiger partial charge in [0, 0.05) is 48.2 Å². The number of rotatable bonds is 5. The van der Waals surface area contributed by atoms with Crippen LogP contribution in [0.25, 0.3) is 11.6 Å². The molecule has 7 nitrogen and oxygen atoms in total. The summed E-state index contributed by atoms with van der Waals surface area (Å²) in [4.78, 5) is 15.2. The number of anilines is 1. The molecule has 8 heteroatoms. The molecule has 5 rings (SSSR count). The Morgan fingerprint density at radius 2 is 1.84 bits per heavy atom. The Morgan fingerprint density at radius 3 is 2.50 bits per heavy atom. The lowest BCUT2D eigenvalue weighted by molar-refractivity contribution is -0.112. The van der Waals surface area contributed by atoms with Gasteiger partial charge in [0.25, 0.3) is 5.91 Å². The lowest BCUT2D eigenvalue weighted by Gasteiger charge is -2.26. The van der Waals surface area contributed by atoms with Crippen molar-refractivity contribution in [3.05, 3.63) is 46.8 Å². The summed E-state index contributed by atoms with van der Waals surface area (Å²) in [6.45, 7) is 8.13. The number of carbonyl (C=O) groups excluding carboxylic acids is 1. The van der Waals surface area contributed by atoms with Crippen LogP contribution < -0.4 is 4.90 Å². The van der Waals surface area contributed by atoms with E-state index in [1.54, 1.807) is 23.1 Å². The lowest BCUT2D eigenvalue weighted by atomic mass is 10.0. The highest BCUT2D eigenvalue weighted by Crippen LogP contribution is 2.42. The summed E-state index contributed by atoms with van der Waals surface area (Å²) in [7, 11) is -3.64. The van der Waals surface area contributed by atoms with Crippen molar-refractivity contribution in [1.82, 2.24) is 8.87 Å². The largest absolute Gasteiger partial charge is 0.379 e. The maximum Gasteiger partial charge on any atom is 0.258 e. The summed E-state index contributed by atoms with van der Waals surface area (Å²) >= 11 is 0. The zero-order valence-electron chi connectivity index (χ0n) is 18.8. The Hall–Kier alpha value is -2.42. The third kappa shape index (κ3) is 3.41. The molecule has 0 spiro atoms. The zero-order chi connectivity index (χ0) is 22.6. The molecule has 2 fully saturated rings. The molecule has 2 aliphatic heterocycles. The Morgan fingerprint density at radius 1 is 1.12 bits per heavy atom. The SMILES string of the molecule is CCN1C(=O)C(=Cc2cc(C)n(C3CC3)c2C)c2cc(S(=O)(=O)N3CCOCC3)ccc21. The molecule has 0 radical (unpaired) electrons. The second-order valence-corrected chi connectivity index (χ2v) is 10.7. The van der Waals surface area contributed by atoms with E-state index in [-0.39, 0.29) is 10.8 Å². The van der Waals surface area contributed by atoms with Crippen LogP contribution in [0.15, 0.2) is 29.2 Å². The van der Waals surface area contributed by atoms with E-state index in [4.69, 9.17) is 4.74 Å². The fraction of sp³-hybridized carbons (Fsp3) is 0.458. The molecule has 3 aliphatic rings. The summed E-state index contributed by atoms with van der Waals surface area (Å²) in [5.41, 5.74) is 5.36. The Balaban J connectivity index is 1.59. The number of hydrogen-bond donors (Lipinski definition) is 0. The van der Waals surface area contributed by atoms with E-state index in [0.717, 1.165) is 16.9 Å². The average Bonchev–Trinajstić information content (AvgIpc) is 3.53. The summed E-state index contributed by atoms with van der Waals surface area (Å²) in [6, 6.07) is 7.72. The number of nitrogens with zero attached hydrogens (tertiary/aromatic N) is 3. The van der Waals surface area contributed by atoms with Crippen molar-refractivity contribution in [3.63, 3.8) is 0 Å². The van der Waals surface area contributed by atoms with Crippen molar-refractivity contribution in [3.8, 4) is 0 Å². The van der Waals surface area contributed by atoms with Gasteiger partial charge in [-0.3, -0.25) is 4.79 Å². The summed E-state index contributed by atoms with van der Waals surface area (Å²) < 4.78 is 35.6. The van der Waals surface area contributed by atoms with Crippen LogP contribution >= 0.6 is 0 Å². The van der Waals surface area contributed by atoms with Crippen molar-refractivity contribution < 1.29 is 17.9 Å². The minimum Gasteiger partial charge on any atom is -0.379 e. The molecule has 1 saturated carbocycles. The molecule has 0 atom stereocenters. The number of carbonyl (C=O) groups is 1. The van der Waals surface area contributed by atoms with Crippen LogP contribution in [-0.4, -0.2) is 56.0 Å². The van der Waals surface area contributed by atoms with E-state index in [1.807, 2.05) is 13.0 Å². The average molecular weight is 456 g/mol. The van der Waals surface area contributed by atoms with Gasteiger partial charge in [-0.05, 0) is 69.5 Å². The molecule has 2 aromatic rings. The Labute approximate surface area is 189 Å². The highest BCUT2D eigenvalue weighted by Gasteiger charge is 2.35. The second kappa shape index (κ2) is 7.86. The maximum atomic E-state index is 13.3. The van der Waals surface area contributed by atoms with E-state index < -0.39 is 10.0 Å². The zero-order valence-corrected chi connectivity index (χ0v) is 19.6. The van der Waals surface area contributed by atoms with E-state index in [0.29, 0.717) is 50.0 Å². The molecule has 0 N–H and O–H groups in total. The quantitative estimate of drug-likeness (QED) is 0.648. The first kappa shape index (κ1) is 21.4. The molecular formula is C24H29N3O4S. The van der Waals surface area contributed by atoms with Gasteiger partial charge in [-0.25, -0.2) is 8.42 Å². The molecule has 1 aliphatic carbocycles. The molecule has 0 bridgehead atoms. The van der Waals surface area contributed by atoms with Gasteiger partial charge >= 0.3 is 0 Å². The maximum absolute atomic E-state index is 13.3. The number of morpholine rings is 1. The van der Waals surface area contributed by atoms with E-state index in [1.165, 1.54) is 22.8 Å². The van der Waals surface area contributed by atoms with Gasteiger partial charge in [0.15, 0.2) is 0 Å². The fourth-order valence-electron chi connectivity index (χ4n) is 4.89. The van der Waals surface area contributed by atoms with Crippen LogP contribution in [-0.2, 0) is 19.6 Å². The molecular weight excluding hydrogens is 426 g/mol. The van der Waals surface area contributed by atoms with Gasteiger partial charge in [0.05, 0.1) is 23.8 Å². The van der Waals surface area contributed by atoms with Crippen LogP contribution in [0.1, 0.15) is 48.3 Å². The number of ether oxygens (including phenoxy) is 1. The first-order chi connectivity index (χ1) is 15.3. The number of hydrogen-bond acceptors (Lipinski definition) is 4. The van der Waals surface area contributed by atoms with Crippen LogP contribution in [0.2, 0.25) is 0 Å². The molecule has 170 valence electrons. The van der Waals surface area contributed by atoms with E-state index in [9.17, 15) is 13.2 Å². The number of sulfonamides is 1. The fourth-order valence-corrected chi connectivity index (χ4v) is 6.32. The van der Waals surface area contributed by atoms with Gasteiger partial charge in [-0.15, -0.1) is 0 Å². The van der Waals surface area contributed by atoms with Crippen LogP contribution in [0, 0.1) is 13.8 Å². The number of aryl methyl sites for hydroxylation is 1. The van der Waals surface area contributed by atoms with E-state index in [2.05, 4.69) is 24.5 Å². The van der Waals surface area contributed by atoms with Gasteiger partial charge in [-0.2, -0.15) is 4.31 Å². The van der Waals surface area contributed by atoms with Gasteiger partial charge in [0.1, 0.15) is 0 Å². The summed E-state index contributed by atoms with van der Waals surface area (Å²) in [6.07, 6.45) is 4.32. The third-order valence-electron chi connectivity index (χ3n) is 6.68. The Kier molecular flexibility index (Phi) is 5.27. The topological polar surface area (TPSA) is 71.9 Å². The van der Waals surface area contributed by atoms with Gasteiger partial charge in [0.2, 0.25) is 10.0 Å². The highest BCUT2D eigenvalue weighted by molar-refractivity contribution is 7.89. The minimum atomic E-state index is -3.64. The van der Waals surface area contributed by atoms with Crippen molar-refractivity contribution in [2.45, 2.75) is 44.6 Å². The van der Waals surface area contributed by atoms with Crippen LogP contribution in [0.4, 0.5) is 5.69 Å². The van der Waals surface area contributed by atoms with Crippen LogP contribution in [0.3, 0.4) is 0 Å². The van der Waals surface area contributed by atoms with Crippen molar-refractivity contribution >= 4 is 33.3 Å². The van der Waals surface area contributed by atoms with Crippen molar-refractivity contribution in [2.24, 2.45) is 0 Å². The predicted molar refractivity (Wildman–Crippen MR) is 124 cm³/mol. The molecule has 1 saturated heterocycles. The second-order valence-electron chi connectivity index (χ2n) is 8.73. The minimum absolute atomic E-state index is 0.0837. The van der Waals surface area contributed by atoms with Crippen LogP contribution in [0.5, 0.6) is 0 Å². The van der Waals surface area contributed by atoms with Gasteiger partial charge < -0.3 is 14.2 Å². The number of aromatic nitrogens is 1. The first-order valence-electron chi connectivity index (χ1n) is 11.3. The van der Waals surface area contributed by atoms with Crippen molar-refractivity contribution in [2.75, 3.05) is 37.7 Å². The first-order valence-corrected chi connectivity index (χ1v) is 12.7. The normalized spacial score (nSPS) is 20.9. The third-order valence-corrected chi connectivity index (χ3v) is 8.58. The molecule has 1 aromatic heterocycles. The van der Waals surface area contributed by atoms with Crippen molar-refractivity contribution in [1.29, 1.82) is 0 Å². The number of likely N-dealkylation sites (N-methyl/N-ethyl adjacent to an activating group) is 1.